The first-order valence-corrected chi connectivity index (χ1v) is 7.40. The maximum absolute atomic E-state index is 11.6. The van der Waals surface area contributed by atoms with Crippen molar-refractivity contribution < 1.29 is 14.3 Å². The predicted molar refractivity (Wildman–Crippen MR) is 85.4 cm³/mol. The van der Waals surface area contributed by atoms with Crippen LogP contribution in [0.5, 0.6) is 5.75 Å². The summed E-state index contributed by atoms with van der Waals surface area (Å²) < 4.78 is 10.7. The van der Waals surface area contributed by atoms with Crippen molar-refractivity contribution in [3.63, 3.8) is 0 Å². The third kappa shape index (κ3) is 5.94. The number of carbonyl (C=O) groups excluding carboxylic acids is 1. The van der Waals surface area contributed by atoms with Crippen LogP contribution < -0.4 is 10.1 Å². The summed E-state index contributed by atoms with van der Waals surface area (Å²) >= 11 is 0. The molecular weight excluding hydrogens is 290 g/mol. The summed E-state index contributed by atoms with van der Waals surface area (Å²) in [6.45, 7) is 5.11. The van der Waals surface area contributed by atoms with Crippen LogP contribution in [0.3, 0.4) is 0 Å². The second-order valence-corrected chi connectivity index (χ2v) is 5.10. The fourth-order valence-electron chi connectivity index (χ4n) is 2.44. The molecule has 0 amide bonds. The molecule has 1 fully saturated rings. The third-order valence-corrected chi connectivity index (χ3v) is 3.54. The highest BCUT2D eigenvalue weighted by Gasteiger charge is 2.13. The fourth-order valence-corrected chi connectivity index (χ4v) is 2.44. The lowest BCUT2D eigenvalue weighted by Gasteiger charge is -2.22. The smallest absolute Gasteiger partial charge is 0.338 e. The van der Waals surface area contributed by atoms with Crippen molar-refractivity contribution in [2.75, 3.05) is 26.3 Å². The van der Waals surface area contributed by atoms with Gasteiger partial charge in [-0.2, -0.15) is 0 Å². The average Bonchev–Trinajstić information content (AvgIpc) is 2.49. The van der Waals surface area contributed by atoms with Gasteiger partial charge in [-0.05, 0) is 63.4 Å². The largest absolute Gasteiger partial charge is 0.494 e. The van der Waals surface area contributed by atoms with Crippen LogP contribution in [0.15, 0.2) is 24.3 Å². The molecule has 1 heterocycles. The summed E-state index contributed by atoms with van der Waals surface area (Å²) in [5.74, 6) is 1.14. The molecule has 0 radical (unpaired) electrons. The Balaban J connectivity index is 0.00000220. The molecule has 118 valence electrons. The second kappa shape index (κ2) is 9.64. The van der Waals surface area contributed by atoms with E-state index >= 15 is 0 Å². The van der Waals surface area contributed by atoms with Crippen LogP contribution in [0, 0.1) is 5.92 Å². The molecule has 4 nitrogen and oxygen atoms in total. The molecule has 21 heavy (non-hydrogen) atoms. The molecule has 0 aliphatic carbocycles. The van der Waals surface area contributed by atoms with Gasteiger partial charge in [-0.15, -0.1) is 12.4 Å². The van der Waals surface area contributed by atoms with Crippen LogP contribution in [0.25, 0.3) is 0 Å². The van der Waals surface area contributed by atoms with Gasteiger partial charge in [0, 0.05) is 0 Å². The third-order valence-electron chi connectivity index (χ3n) is 3.54. The quantitative estimate of drug-likeness (QED) is 0.820. The highest BCUT2D eigenvalue weighted by atomic mass is 35.5. The second-order valence-electron chi connectivity index (χ2n) is 5.10. The molecule has 1 aromatic carbocycles. The van der Waals surface area contributed by atoms with E-state index in [1.54, 1.807) is 19.1 Å². The van der Waals surface area contributed by atoms with Gasteiger partial charge >= 0.3 is 5.97 Å². The number of rotatable bonds is 6. The van der Waals surface area contributed by atoms with Crippen molar-refractivity contribution in [3.05, 3.63) is 29.8 Å². The summed E-state index contributed by atoms with van der Waals surface area (Å²) in [6.07, 6.45) is 3.58. The zero-order chi connectivity index (χ0) is 14.2. The van der Waals surface area contributed by atoms with Gasteiger partial charge < -0.3 is 14.8 Å². The Morgan fingerprint density at radius 1 is 1.43 bits per heavy atom. The fraction of sp³-hybridized carbons (Fsp3) is 0.562. The Morgan fingerprint density at radius 2 is 2.29 bits per heavy atom. The first kappa shape index (κ1) is 17.8. The molecule has 1 saturated heterocycles. The van der Waals surface area contributed by atoms with Crippen LogP contribution in [0.4, 0.5) is 0 Å². The van der Waals surface area contributed by atoms with Crippen molar-refractivity contribution in [2.45, 2.75) is 26.2 Å². The topological polar surface area (TPSA) is 47.6 Å². The zero-order valence-electron chi connectivity index (χ0n) is 12.5. The number of ether oxygens (including phenoxy) is 2. The minimum absolute atomic E-state index is 0. The normalized spacial score (nSPS) is 17.7. The van der Waals surface area contributed by atoms with Crippen LogP contribution >= 0.6 is 12.4 Å². The van der Waals surface area contributed by atoms with E-state index < -0.39 is 0 Å². The number of hydrogen-bond donors (Lipinski definition) is 1. The van der Waals surface area contributed by atoms with Gasteiger partial charge in [-0.25, -0.2) is 4.79 Å². The maximum Gasteiger partial charge on any atom is 0.338 e. The molecule has 1 aliphatic rings. The number of piperidine rings is 1. The van der Waals surface area contributed by atoms with Gasteiger partial charge in [0.15, 0.2) is 0 Å². The van der Waals surface area contributed by atoms with E-state index in [4.69, 9.17) is 9.47 Å². The van der Waals surface area contributed by atoms with Gasteiger partial charge in [-0.1, -0.05) is 6.07 Å². The van der Waals surface area contributed by atoms with E-state index in [2.05, 4.69) is 5.32 Å². The summed E-state index contributed by atoms with van der Waals surface area (Å²) in [7, 11) is 0. The van der Waals surface area contributed by atoms with E-state index in [1.165, 1.54) is 12.8 Å². The number of esters is 1. The minimum Gasteiger partial charge on any atom is -0.494 e. The molecule has 0 aromatic heterocycles. The van der Waals surface area contributed by atoms with Gasteiger partial charge in [0.1, 0.15) is 5.75 Å². The van der Waals surface area contributed by atoms with E-state index in [1.807, 2.05) is 12.1 Å². The Labute approximate surface area is 132 Å². The molecule has 5 heteroatoms. The van der Waals surface area contributed by atoms with E-state index in [-0.39, 0.29) is 18.4 Å². The Hall–Kier alpha value is -1.26. The van der Waals surface area contributed by atoms with E-state index in [9.17, 15) is 4.79 Å². The van der Waals surface area contributed by atoms with Crippen molar-refractivity contribution in [3.8, 4) is 5.75 Å². The molecule has 0 saturated carbocycles. The number of benzene rings is 1. The number of hydrogen-bond acceptors (Lipinski definition) is 4. The van der Waals surface area contributed by atoms with Gasteiger partial charge in [0.25, 0.3) is 0 Å². The van der Waals surface area contributed by atoms with Crippen molar-refractivity contribution in [1.82, 2.24) is 5.32 Å². The first-order valence-electron chi connectivity index (χ1n) is 7.40. The predicted octanol–water partition coefficient (Wildman–Crippen LogP) is 3.05. The lowest BCUT2D eigenvalue weighted by atomic mass is 9.97. The molecule has 1 N–H and O–H groups in total. The molecule has 0 spiro atoms. The maximum atomic E-state index is 11.6. The van der Waals surface area contributed by atoms with Crippen LogP contribution in [0.1, 0.15) is 36.5 Å². The van der Waals surface area contributed by atoms with Gasteiger partial charge in [0.2, 0.25) is 0 Å². The summed E-state index contributed by atoms with van der Waals surface area (Å²) in [5, 5.41) is 3.40. The minimum atomic E-state index is -0.297. The lowest BCUT2D eigenvalue weighted by molar-refractivity contribution is 0.0526. The molecule has 1 atom stereocenters. The van der Waals surface area contributed by atoms with Crippen molar-refractivity contribution >= 4 is 18.4 Å². The van der Waals surface area contributed by atoms with Gasteiger partial charge in [-0.3, -0.25) is 0 Å². The van der Waals surface area contributed by atoms with Crippen LogP contribution in [-0.4, -0.2) is 32.3 Å². The number of nitrogens with one attached hydrogen (secondary N) is 1. The van der Waals surface area contributed by atoms with E-state index in [0.717, 1.165) is 25.3 Å². The zero-order valence-corrected chi connectivity index (χ0v) is 13.3. The summed E-state index contributed by atoms with van der Waals surface area (Å²) in [5.41, 5.74) is 0.545. The Morgan fingerprint density at radius 3 is 3.00 bits per heavy atom. The Kier molecular flexibility index (Phi) is 8.16. The molecule has 1 unspecified atom stereocenters. The monoisotopic (exact) mass is 313 g/mol. The highest BCUT2D eigenvalue weighted by Crippen LogP contribution is 2.17. The van der Waals surface area contributed by atoms with Crippen LogP contribution in [0.2, 0.25) is 0 Å². The lowest BCUT2D eigenvalue weighted by Crippen LogP contribution is -2.30. The molecule has 0 bridgehead atoms. The molecule has 2 rings (SSSR count). The number of carbonyl (C=O) groups is 1. The number of halogens is 1. The average molecular weight is 314 g/mol. The summed E-state index contributed by atoms with van der Waals surface area (Å²) in [6, 6.07) is 7.19. The SMILES string of the molecule is CCOC(=O)c1cccc(OCCC2CCCNC2)c1.Cl. The van der Waals surface area contributed by atoms with Crippen molar-refractivity contribution in [2.24, 2.45) is 5.92 Å². The van der Waals surface area contributed by atoms with Crippen molar-refractivity contribution in [1.29, 1.82) is 0 Å². The van der Waals surface area contributed by atoms with Gasteiger partial charge in [0.05, 0.1) is 18.8 Å². The summed E-state index contributed by atoms with van der Waals surface area (Å²) in [4.78, 5) is 11.6. The van der Waals surface area contributed by atoms with Crippen LogP contribution in [-0.2, 0) is 4.74 Å². The highest BCUT2D eigenvalue weighted by molar-refractivity contribution is 5.89. The molecule has 1 aromatic rings. The standard InChI is InChI=1S/C16H23NO3.ClH/c1-2-19-16(18)14-6-3-7-15(11-14)20-10-8-13-5-4-9-17-12-13;/h3,6-7,11,13,17H,2,4-5,8-10,12H2,1H3;1H. The Bertz CT molecular complexity index is 433. The molecule has 1 aliphatic heterocycles. The molecular formula is C16H24ClNO3. The first-order chi connectivity index (χ1) is 9.79. The van der Waals surface area contributed by atoms with E-state index in [0.29, 0.717) is 24.7 Å².